The Kier molecular flexibility index (Phi) is 10.7. The molecule has 0 bridgehead atoms. The fourth-order valence-corrected chi connectivity index (χ4v) is 4.93. The molecule has 11 nitrogen and oxygen atoms in total. The number of carbonyl (C=O) groups is 2. The van der Waals surface area contributed by atoms with Crippen molar-refractivity contribution >= 4 is 51.2 Å². The SMILES string of the molecule is CCCN(CCC(=O)OCC)C(=O)Oc1ccc2[nH]c(CS(=O)(=O)c3ccc(C(=N)N)cc3)nc2c1C.Cl. The number of benzene rings is 2. The molecule has 1 amide bonds. The van der Waals surface area contributed by atoms with Gasteiger partial charge in [-0.05, 0) is 44.5 Å². The van der Waals surface area contributed by atoms with Crippen LogP contribution in [-0.2, 0) is 25.1 Å². The zero-order chi connectivity index (χ0) is 27.2. The lowest BCUT2D eigenvalue weighted by Crippen LogP contribution is -2.36. The number of carbonyl (C=O) groups excluding carboxylic acids is 2. The molecule has 0 aliphatic rings. The van der Waals surface area contributed by atoms with Gasteiger partial charge in [0.05, 0.1) is 29.0 Å². The summed E-state index contributed by atoms with van der Waals surface area (Å²) in [6.07, 6.45) is 0.154. The van der Waals surface area contributed by atoms with Gasteiger partial charge in [0.1, 0.15) is 23.2 Å². The molecule has 0 saturated heterocycles. The number of aromatic amines is 1. The van der Waals surface area contributed by atoms with E-state index in [4.69, 9.17) is 20.6 Å². The first kappa shape index (κ1) is 30.6. The van der Waals surface area contributed by atoms with Crippen LogP contribution in [0.1, 0.15) is 43.6 Å². The molecule has 3 aromatic rings. The minimum atomic E-state index is -3.72. The van der Waals surface area contributed by atoms with E-state index in [2.05, 4.69) is 9.97 Å². The van der Waals surface area contributed by atoms with Crippen molar-refractivity contribution in [2.45, 2.75) is 44.3 Å². The summed E-state index contributed by atoms with van der Waals surface area (Å²) < 4.78 is 36.3. The fourth-order valence-electron chi connectivity index (χ4n) is 3.71. The number of nitrogens with zero attached hydrogens (tertiary/aromatic N) is 2. The second kappa shape index (κ2) is 13.2. The Morgan fingerprint density at radius 2 is 1.79 bits per heavy atom. The maximum atomic E-state index is 12.9. The van der Waals surface area contributed by atoms with Gasteiger partial charge in [-0.2, -0.15) is 0 Å². The third-order valence-corrected chi connectivity index (χ3v) is 7.24. The number of amides is 1. The van der Waals surface area contributed by atoms with E-state index in [-0.39, 0.29) is 66.0 Å². The van der Waals surface area contributed by atoms with Crippen molar-refractivity contribution in [1.29, 1.82) is 5.41 Å². The molecule has 3 rings (SSSR count). The number of esters is 1. The molecule has 206 valence electrons. The highest BCUT2D eigenvalue weighted by Crippen LogP contribution is 2.27. The van der Waals surface area contributed by atoms with Crippen LogP contribution < -0.4 is 10.5 Å². The van der Waals surface area contributed by atoms with Gasteiger partial charge in [-0.15, -0.1) is 12.4 Å². The second-order valence-electron chi connectivity index (χ2n) is 8.38. The Bertz CT molecular complexity index is 1410. The summed E-state index contributed by atoms with van der Waals surface area (Å²) in [6, 6.07) is 9.05. The van der Waals surface area contributed by atoms with Crippen LogP contribution in [0.3, 0.4) is 0 Å². The molecular weight excluding hydrogens is 534 g/mol. The van der Waals surface area contributed by atoms with Crippen LogP contribution >= 0.6 is 12.4 Å². The van der Waals surface area contributed by atoms with Gasteiger partial charge in [0.15, 0.2) is 9.84 Å². The number of aryl methyl sites for hydroxylation is 1. The standard InChI is InChI=1S/C25H31N5O6S.ClH/c1-4-13-30(14-12-22(31)35-5-2)25(32)36-20-11-10-19-23(16(20)3)29-21(28-19)15-37(33,34)18-8-6-17(7-9-18)24(26)27;/h6-11H,4-5,12-15H2,1-3H3,(H3,26,27)(H,28,29);1H. The number of hydrogen-bond donors (Lipinski definition) is 3. The highest BCUT2D eigenvalue weighted by Gasteiger charge is 2.21. The first-order chi connectivity index (χ1) is 17.6. The van der Waals surface area contributed by atoms with E-state index >= 15 is 0 Å². The zero-order valence-electron chi connectivity index (χ0n) is 21.4. The van der Waals surface area contributed by atoms with E-state index in [0.29, 0.717) is 35.1 Å². The zero-order valence-corrected chi connectivity index (χ0v) is 23.1. The van der Waals surface area contributed by atoms with Crippen LogP contribution in [0, 0.1) is 12.3 Å². The van der Waals surface area contributed by atoms with Gasteiger partial charge in [-0.1, -0.05) is 19.1 Å². The smallest absolute Gasteiger partial charge is 0.415 e. The topological polar surface area (TPSA) is 169 Å². The van der Waals surface area contributed by atoms with Crippen LogP contribution in [0.5, 0.6) is 5.75 Å². The molecule has 2 aromatic carbocycles. The average Bonchev–Trinajstić information content (AvgIpc) is 3.26. The first-order valence-corrected chi connectivity index (χ1v) is 13.5. The molecule has 13 heteroatoms. The summed E-state index contributed by atoms with van der Waals surface area (Å²) in [5.41, 5.74) is 7.51. The van der Waals surface area contributed by atoms with E-state index in [1.54, 1.807) is 26.0 Å². The van der Waals surface area contributed by atoms with E-state index in [0.717, 1.165) is 0 Å². The second-order valence-corrected chi connectivity index (χ2v) is 10.4. The third kappa shape index (κ3) is 7.45. The summed E-state index contributed by atoms with van der Waals surface area (Å²) in [5.74, 6) is -0.379. The Morgan fingerprint density at radius 3 is 2.39 bits per heavy atom. The van der Waals surface area contributed by atoms with Gasteiger partial charge < -0.3 is 25.1 Å². The molecule has 0 saturated carbocycles. The van der Waals surface area contributed by atoms with Crippen molar-refractivity contribution < 1.29 is 27.5 Å². The summed E-state index contributed by atoms with van der Waals surface area (Å²) in [5, 5.41) is 7.44. The van der Waals surface area contributed by atoms with Crippen LogP contribution in [0.25, 0.3) is 11.0 Å². The van der Waals surface area contributed by atoms with Crippen LogP contribution in [0.4, 0.5) is 4.79 Å². The van der Waals surface area contributed by atoms with Crippen molar-refractivity contribution in [3.8, 4) is 5.75 Å². The van der Waals surface area contributed by atoms with E-state index in [1.807, 2.05) is 6.92 Å². The number of ether oxygens (including phenoxy) is 2. The van der Waals surface area contributed by atoms with Crippen molar-refractivity contribution in [3.63, 3.8) is 0 Å². The van der Waals surface area contributed by atoms with Gasteiger partial charge in [-0.25, -0.2) is 18.2 Å². The maximum Gasteiger partial charge on any atom is 0.415 e. The summed E-state index contributed by atoms with van der Waals surface area (Å²) in [6.45, 7) is 6.22. The molecule has 0 atom stereocenters. The predicted molar refractivity (Wildman–Crippen MR) is 146 cm³/mol. The Morgan fingerprint density at radius 1 is 1.11 bits per heavy atom. The Balaban J connectivity index is 0.00000507. The summed E-state index contributed by atoms with van der Waals surface area (Å²) >= 11 is 0. The van der Waals surface area contributed by atoms with Crippen molar-refractivity contribution in [2.75, 3.05) is 19.7 Å². The number of halogens is 1. The van der Waals surface area contributed by atoms with E-state index in [9.17, 15) is 18.0 Å². The van der Waals surface area contributed by atoms with Gasteiger partial charge in [0.25, 0.3) is 0 Å². The number of H-pyrrole nitrogens is 1. The van der Waals surface area contributed by atoms with Gasteiger partial charge in [0, 0.05) is 24.2 Å². The fraction of sp³-hybridized carbons (Fsp3) is 0.360. The lowest BCUT2D eigenvalue weighted by Gasteiger charge is -2.21. The van der Waals surface area contributed by atoms with Crippen LogP contribution in [0.2, 0.25) is 0 Å². The molecule has 0 aliphatic carbocycles. The van der Waals surface area contributed by atoms with E-state index in [1.165, 1.54) is 29.2 Å². The normalized spacial score (nSPS) is 11.0. The van der Waals surface area contributed by atoms with Crippen molar-refractivity contribution in [1.82, 2.24) is 14.9 Å². The van der Waals surface area contributed by atoms with Gasteiger partial charge >= 0.3 is 12.1 Å². The number of nitrogens with one attached hydrogen (secondary N) is 2. The summed E-state index contributed by atoms with van der Waals surface area (Å²) in [7, 11) is -3.72. The molecule has 0 spiro atoms. The summed E-state index contributed by atoms with van der Waals surface area (Å²) in [4.78, 5) is 33.5. The number of fused-ring (bicyclic) bond motifs is 1. The molecule has 1 heterocycles. The number of imidazole rings is 1. The third-order valence-electron chi connectivity index (χ3n) is 5.60. The number of amidine groups is 1. The molecule has 0 aliphatic heterocycles. The predicted octanol–water partition coefficient (Wildman–Crippen LogP) is 3.72. The van der Waals surface area contributed by atoms with Crippen molar-refractivity contribution in [3.05, 3.63) is 53.3 Å². The monoisotopic (exact) mass is 565 g/mol. The quantitative estimate of drug-likeness (QED) is 0.179. The molecule has 4 N–H and O–H groups in total. The molecular formula is C25H32ClN5O6S. The Hall–Kier alpha value is -3.64. The maximum absolute atomic E-state index is 12.9. The largest absolute Gasteiger partial charge is 0.466 e. The molecule has 0 unspecified atom stereocenters. The first-order valence-electron chi connectivity index (χ1n) is 11.8. The highest BCUT2D eigenvalue weighted by molar-refractivity contribution is 7.90. The molecule has 0 radical (unpaired) electrons. The molecule has 1 aromatic heterocycles. The number of rotatable bonds is 11. The number of aromatic nitrogens is 2. The molecule has 38 heavy (non-hydrogen) atoms. The van der Waals surface area contributed by atoms with Crippen molar-refractivity contribution in [2.24, 2.45) is 5.73 Å². The number of hydrogen-bond acceptors (Lipinski definition) is 8. The van der Waals surface area contributed by atoms with E-state index < -0.39 is 15.9 Å². The lowest BCUT2D eigenvalue weighted by molar-refractivity contribution is -0.143. The van der Waals surface area contributed by atoms with Crippen LogP contribution in [-0.4, -0.2) is 60.9 Å². The number of sulfone groups is 1. The number of nitrogen functional groups attached to an aromatic ring is 1. The Labute approximate surface area is 227 Å². The average molecular weight is 566 g/mol. The van der Waals surface area contributed by atoms with Crippen LogP contribution in [0.15, 0.2) is 41.3 Å². The minimum Gasteiger partial charge on any atom is -0.466 e. The number of nitrogens with two attached hydrogens (primary N) is 1. The highest BCUT2D eigenvalue weighted by atomic mass is 35.5. The van der Waals surface area contributed by atoms with Gasteiger partial charge in [0.2, 0.25) is 0 Å². The minimum absolute atomic E-state index is 0. The molecule has 0 fully saturated rings. The van der Waals surface area contributed by atoms with Gasteiger partial charge in [-0.3, -0.25) is 10.2 Å². The lowest BCUT2D eigenvalue weighted by atomic mass is 10.2.